The molecule has 3 aromatic heterocycles. The van der Waals surface area contributed by atoms with Crippen LogP contribution in [0.5, 0.6) is 0 Å². The molecule has 1 unspecified atom stereocenters. The summed E-state index contributed by atoms with van der Waals surface area (Å²) in [6.45, 7) is 4.56. The maximum absolute atomic E-state index is 2.53. The zero-order chi connectivity index (χ0) is 36.6. The number of thiophene rings is 2. The van der Waals surface area contributed by atoms with E-state index in [0.29, 0.717) is 0 Å². The first-order valence-electron chi connectivity index (χ1n) is 19.2. The van der Waals surface area contributed by atoms with Crippen LogP contribution < -0.4 is 0 Å². The highest BCUT2D eigenvalue weighted by molar-refractivity contribution is 7.30. The van der Waals surface area contributed by atoms with Crippen molar-refractivity contribution < 1.29 is 0 Å². The lowest BCUT2D eigenvalue weighted by Crippen LogP contribution is -2.02. The van der Waals surface area contributed by atoms with Crippen LogP contribution in [-0.4, -0.2) is 4.57 Å². The fourth-order valence-electron chi connectivity index (χ4n) is 9.12. The van der Waals surface area contributed by atoms with Crippen molar-refractivity contribution in [1.29, 1.82) is 0 Å². The standard InChI is InChI=1S/C52H37NS2/c1-3-36(38-19-9-10-20-39(38)37-18-8-7-15-32(37)2)34-25-27-49-45(29-34)50-51(55-49)42(33-16-5-4-6-17-33)31-44-43-30-35(26-28-48(43)54-52(44)50)53-46-23-13-11-21-40(46)41-22-12-14-24-47(41)53/h4-31,36H,3H2,1-2H3. The maximum atomic E-state index is 2.53. The normalized spacial score (nSPS) is 12.5. The summed E-state index contributed by atoms with van der Waals surface area (Å²) in [5.74, 6) is 0.277. The Morgan fingerprint density at radius 3 is 1.89 bits per heavy atom. The summed E-state index contributed by atoms with van der Waals surface area (Å²) in [5, 5.41) is 7.97. The van der Waals surface area contributed by atoms with Gasteiger partial charge in [0.15, 0.2) is 0 Å². The van der Waals surface area contributed by atoms with Crippen molar-refractivity contribution in [2.45, 2.75) is 26.2 Å². The van der Waals surface area contributed by atoms with Crippen LogP contribution in [0.4, 0.5) is 0 Å². The molecule has 11 rings (SSSR count). The Balaban J connectivity index is 1.17. The molecular weight excluding hydrogens is 703 g/mol. The summed E-state index contributed by atoms with van der Waals surface area (Å²) in [7, 11) is 0. The van der Waals surface area contributed by atoms with Gasteiger partial charge in [-0.05, 0) is 95.3 Å². The van der Waals surface area contributed by atoms with Crippen LogP contribution in [-0.2, 0) is 0 Å². The predicted molar refractivity (Wildman–Crippen MR) is 241 cm³/mol. The Morgan fingerprint density at radius 1 is 0.491 bits per heavy atom. The molecule has 0 saturated heterocycles. The Labute approximate surface area is 328 Å². The number of hydrogen-bond acceptors (Lipinski definition) is 2. The highest BCUT2D eigenvalue weighted by Gasteiger charge is 2.22. The molecular formula is C52H37NS2. The van der Waals surface area contributed by atoms with Gasteiger partial charge in [-0.3, -0.25) is 0 Å². The van der Waals surface area contributed by atoms with Gasteiger partial charge in [-0.25, -0.2) is 0 Å². The lowest BCUT2D eigenvalue weighted by atomic mass is 9.83. The molecule has 1 nitrogen and oxygen atoms in total. The first kappa shape index (κ1) is 32.4. The number of hydrogen-bond donors (Lipinski definition) is 0. The van der Waals surface area contributed by atoms with Crippen LogP contribution in [0, 0.1) is 6.92 Å². The molecule has 1 atom stereocenters. The fraction of sp³-hybridized carbons (Fsp3) is 0.0769. The van der Waals surface area contributed by atoms with Crippen LogP contribution in [0.25, 0.3) is 90.1 Å². The number of rotatable bonds is 6. The summed E-state index contributed by atoms with van der Waals surface area (Å²) in [6.07, 6.45) is 1.02. The van der Waals surface area contributed by atoms with Crippen molar-refractivity contribution in [2.75, 3.05) is 0 Å². The number of aromatic nitrogens is 1. The maximum Gasteiger partial charge on any atom is 0.0541 e. The molecule has 55 heavy (non-hydrogen) atoms. The first-order valence-corrected chi connectivity index (χ1v) is 20.8. The van der Waals surface area contributed by atoms with Crippen LogP contribution in [0.15, 0.2) is 170 Å². The summed E-state index contributed by atoms with van der Waals surface area (Å²) in [4.78, 5) is 0. The number of para-hydroxylation sites is 2. The Hall–Kier alpha value is -6.00. The Morgan fingerprint density at radius 2 is 1.13 bits per heavy atom. The zero-order valence-corrected chi connectivity index (χ0v) is 32.3. The minimum absolute atomic E-state index is 0.277. The van der Waals surface area contributed by atoms with E-state index < -0.39 is 0 Å². The second-order valence-electron chi connectivity index (χ2n) is 14.7. The minimum Gasteiger partial charge on any atom is -0.309 e. The summed E-state index contributed by atoms with van der Waals surface area (Å²) < 4.78 is 7.85. The van der Waals surface area contributed by atoms with Crippen molar-refractivity contribution >= 4 is 84.8 Å². The number of benzene rings is 8. The van der Waals surface area contributed by atoms with E-state index in [1.165, 1.54) is 107 Å². The Kier molecular flexibility index (Phi) is 7.55. The molecule has 0 spiro atoms. The van der Waals surface area contributed by atoms with E-state index in [0.717, 1.165) is 6.42 Å². The third kappa shape index (κ3) is 5.04. The van der Waals surface area contributed by atoms with Crippen molar-refractivity contribution in [1.82, 2.24) is 4.57 Å². The largest absolute Gasteiger partial charge is 0.309 e. The molecule has 8 aromatic carbocycles. The second-order valence-corrected chi connectivity index (χ2v) is 16.8. The molecule has 0 N–H and O–H groups in total. The van der Waals surface area contributed by atoms with E-state index >= 15 is 0 Å². The molecule has 0 aliphatic rings. The van der Waals surface area contributed by atoms with E-state index in [-0.39, 0.29) is 5.92 Å². The van der Waals surface area contributed by atoms with E-state index in [2.05, 4.69) is 188 Å². The van der Waals surface area contributed by atoms with E-state index in [9.17, 15) is 0 Å². The topological polar surface area (TPSA) is 4.93 Å². The lowest BCUT2D eigenvalue weighted by Gasteiger charge is -2.21. The molecule has 0 saturated carbocycles. The van der Waals surface area contributed by atoms with Gasteiger partial charge in [0.2, 0.25) is 0 Å². The van der Waals surface area contributed by atoms with Crippen molar-refractivity contribution in [3.05, 3.63) is 187 Å². The van der Waals surface area contributed by atoms with Crippen LogP contribution >= 0.6 is 22.7 Å². The molecule has 0 radical (unpaired) electrons. The van der Waals surface area contributed by atoms with E-state index in [1.807, 2.05) is 22.7 Å². The van der Waals surface area contributed by atoms with Crippen LogP contribution in [0.1, 0.15) is 36.0 Å². The predicted octanol–water partition coefficient (Wildman–Crippen LogP) is 15.7. The second kappa shape index (κ2) is 12.8. The third-order valence-electron chi connectivity index (χ3n) is 11.7. The molecule has 11 aromatic rings. The molecule has 0 aliphatic heterocycles. The van der Waals surface area contributed by atoms with E-state index in [4.69, 9.17) is 0 Å². The van der Waals surface area contributed by atoms with Gasteiger partial charge in [0.05, 0.1) is 11.0 Å². The fourth-order valence-corrected chi connectivity index (χ4v) is 11.6. The minimum atomic E-state index is 0.277. The van der Waals surface area contributed by atoms with Gasteiger partial charge in [0.1, 0.15) is 0 Å². The molecule has 0 fully saturated rings. The summed E-state index contributed by atoms with van der Waals surface area (Å²) in [5.41, 5.74) is 13.0. The first-order chi connectivity index (χ1) is 27.2. The quantitative estimate of drug-likeness (QED) is 0.160. The van der Waals surface area contributed by atoms with Crippen molar-refractivity contribution in [3.8, 4) is 27.9 Å². The average molecular weight is 740 g/mol. The van der Waals surface area contributed by atoms with Gasteiger partial charge in [0, 0.05) is 68.3 Å². The summed E-state index contributed by atoms with van der Waals surface area (Å²) in [6, 6.07) is 63.3. The molecule has 0 amide bonds. The van der Waals surface area contributed by atoms with Crippen molar-refractivity contribution in [3.63, 3.8) is 0 Å². The monoisotopic (exact) mass is 739 g/mol. The third-order valence-corrected chi connectivity index (χ3v) is 14.1. The number of nitrogens with zero attached hydrogens (tertiary/aromatic N) is 1. The molecule has 3 heteroatoms. The Bertz CT molecular complexity index is 3210. The van der Waals surface area contributed by atoms with Gasteiger partial charge in [0.25, 0.3) is 0 Å². The van der Waals surface area contributed by atoms with Crippen molar-refractivity contribution in [2.24, 2.45) is 0 Å². The number of fused-ring (bicyclic) bond motifs is 10. The number of aryl methyl sites for hydroxylation is 1. The van der Waals surface area contributed by atoms with Gasteiger partial charge in [-0.2, -0.15) is 0 Å². The molecule has 0 bridgehead atoms. The van der Waals surface area contributed by atoms with Gasteiger partial charge < -0.3 is 4.57 Å². The van der Waals surface area contributed by atoms with Gasteiger partial charge in [-0.1, -0.05) is 128 Å². The average Bonchev–Trinajstić information content (AvgIpc) is 3.91. The smallest absolute Gasteiger partial charge is 0.0541 e. The highest BCUT2D eigenvalue weighted by Crippen LogP contribution is 2.50. The SMILES string of the molecule is CCC(c1ccc2sc3c(-c4ccccc4)cc4c5cc(-n6c7ccccc7c7ccccc76)ccc5sc4c3c2c1)c1ccccc1-c1ccccc1C. The lowest BCUT2D eigenvalue weighted by molar-refractivity contribution is 0.780. The molecule has 262 valence electrons. The molecule has 0 aliphatic carbocycles. The van der Waals surface area contributed by atoms with Crippen LogP contribution in [0.3, 0.4) is 0 Å². The van der Waals surface area contributed by atoms with Gasteiger partial charge >= 0.3 is 0 Å². The van der Waals surface area contributed by atoms with E-state index in [1.54, 1.807) is 0 Å². The summed E-state index contributed by atoms with van der Waals surface area (Å²) >= 11 is 3.88. The van der Waals surface area contributed by atoms with Gasteiger partial charge in [-0.15, -0.1) is 22.7 Å². The molecule has 3 heterocycles. The zero-order valence-electron chi connectivity index (χ0n) is 30.7. The highest BCUT2D eigenvalue weighted by atomic mass is 32.1. The van der Waals surface area contributed by atoms with Crippen LogP contribution in [0.2, 0.25) is 0 Å².